The van der Waals surface area contributed by atoms with E-state index in [4.69, 9.17) is 4.74 Å². The number of aliphatic hydroxyl groups is 1. The van der Waals surface area contributed by atoms with Gasteiger partial charge in [-0.15, -0.1) is 0 Å². The molecule has 0 spiro atoms. The second-order valence-electron chi connectivity index (χ2n) is 9.92. The number of rotatable bonds is 5. The minimum Gasteiger partial charge on any atom is -0.385 e. The van der Waals surface area contributed by atoms with Crippen molar-refractivity contribution in [2.45, 2.75) is 64.1 Å². The summed E-state index contributed by atoms with van der Waals surface area (Å²) in [7, 11) is 0. The maximum atomic E-state index is 11.4. The third-order valence-corrected chi connectivity index (χ3v) is 6.87. The van der Waals surface area contributed by atoms with E-state index in [0.717, 1.165) is 57.8 Å². The molecule has 0 aliphatic carbocycles. The van der Waals surface area contributed by atoms with E-state index in [1.807, 2.05) is 0 Å². The molecule has 3 saturated heterocycles. The highest BCUT2D eigenvalue weighted by Crippen LogP contribution is 2.46. The van der Waals surface area contributed by atoms with Crippen molar-refractivity contribution in [3.05, 3.63) is 35.4 Å². The van der Waals surface area contributed by atoms with Crippen molar-refractivity contribution in [1.29, 1.82) is 0 Å². The number of hydrogen-bond donors (Lipinski definition) is 1. The number of hydrogen-bond acceptors (Lipinski definition) is 4. The van der Waals surface area contributed by atoms with Gasteiger partial charge in [-0.05, 0) is 43.6 Å². The molecule has 0 saturated carbocycles. The Morgan fingerprint density at radius 2 is 1.63 bits per heavy atom. The molecular weight excluding hydrogens is 336 g/mol. The van der Waals surface area contributed by atoms with Crippen LogP contribution in [-0.2, 0) is 10.3 Å². The van der Waals surface area contributed by atoms with E-state index in [0.29, 0.717) is 12.1 Å². The van der Waals surface area contributed by atoms with Gasteiger partial charge in [0.15, 0.2) is 0 Å². The van der Waals surface area contributed by atoms with Gasteiger partial charge in [0.2, 0.25) is 0 Å². The third-order valence-electron chi connectivity index (χ3n) is 6.87. The fourth-order valence-electron chi connectivity index (χ4n) is 5.58. The van der Waals surface area contributed by atoms with Crippen molar-refractivity contribution in [2.24, 2.45) is 5.41 Å². The van der Waals surface area contributed by atoms with Crippen LogP contribution in [0.25, 0.3) is 0 Å². The van der Waals surface area contributed by atoms with Crippen LogP contribution in [0.15, 0.2) is 24.3 Å². The zero-order valence-electron chi connectivity index (χ0n) is 17.3. The molecule has 4 nitrogen and oxygen atoms in total. The van der Waals surface area contributed by atoms with Crippen molar-refractivity contribution in [2.75, 3.05) is 39.4 Å². The Morgan fingerprint density at radius 1 is 1.04 bits per heavy atom. The molecule has 1 aromatic rings. The summed E-state index contributed by atoms with van der Waals surface area (Å²) < 4.78 is 5.50. The van der Waals surface area contributed by atoms with Crippen molar-refractivity contribution >= 4 is 0 Å². The molecule has 1 N–H and O–H groups in total. The van der Waals surface area contributed by atoms with Crippen LogP contribution in [0.4, 0.5) is 0 Å². The number of ether oxygens (including phenoxy) is 1. The van der Waals surface area contributed by atoms with Crippen LogP contribution in [0, 0.1) is 12.3 Å². The number of piperidine rings is 1. The zero-order chi connectivity index (χ0) is 19.1. The molecule has 3 atom stereocenters. The lowest BCUT2D eigenvalue weighted by atomic mass is 9.79. The van der Waals surface area contributed by atoms with Gasteiger partial charge in [-0.1, -0.05) is 43.7 Å². The van der Waals surface area contributed by atoms with Gasteiger partial charge in [0.25, 0.3) is 0 Å². The summed E-state index contributed by atoms with van der Waals surface area (Å²) in [5, 5.41) is 11.4. The molecular formula is C23H36N2O2. The Balaban J connectivity index is 1.42. The molecule has 2 bridgehead atoms. The summed E-state index contributed by atoms with van der Waals surface area (Å²) in [4.78, 5) is 5.28. The van der Waals surface area contributed by atoms with Gasteiger partial charge in [0.05, 0.1) is 18.8 Å². The lowest BCUT2D eigenvalue weighted by Crippen LogP contribution is -2.54. The van der Waals surface area contributed by atoms with Crippen LogP contribution in [0.1, 0.15) is 50.7 Å². The second kappa shape index (κ2) is 7.47. The lowest BCUT2D eigenvalue weighted by Gasteiger charge is -2.47. The minimum atomic E-state index is -0.648. The van der Waals surface area contributed by atoms with Crippen LogP contribution in [0.3, 0.4) is 0 Å². The number of benzene rings is 1. The van der Waals surface area contributed by atoms with Gasteiger partial charge < -0.3 is 9.84 Å². The van der Waals surface area contributed by atoms with Gasteiger partial charge in [-0.2, -0.15) is 0 Å². The van der Waals surface area contributed by atoms with E-state index in [9.17, 15) is 5.11 Å². The van der Waals surface area contributed by atoms with Crippen molar-refractivity contribution in [3.8, 4) is 0 Å². The first-order valence-corrected chi connectivity index (χ1v) is 10.7. The number of nitrogens with zero attached hydrogens (tertiary/aromatic N) is 2. The normalized spacial score (nSPS) is 32.7. The summed E-state index contributed by atoms with van der Waals surface area (Å²) in [5.41, 5.74) is 1.98. The second-order valence-corrected chi connectivity index (χ2v) is 9.92. The van der Waals surface area contributed by atoms with E-state index >= 15 is 0 Å². The fraction of sp³-hybridized carbons (Fsp3) is 0.739. The number of morpholine rings is 1. The quantitative estimate of drug-likeness (QED) is 0.861. The monoisotopic (exact) mass is 372 g/mol. The summed E-state index contributed by atoms with van der Waals surface area (Å²) in [6.45, 7) is 13.0. The van der Waals surface area contributed by atoms with Crippen molar-refractivity contribution < 1.29 is 9.84 Å². The minimum absolute atomic E-state index is 0.261. The summed E-state index contributed by atoms with van der Waals surface area (Å²) in [6.07, 6.45) is 4.21. The van der Waals surface area contributed by atoms with Crippen LogP contribution in [-0.4, -0.2) is 66.4 Å². The summed E-state index contributed by atoms with van der Waals surface area (Å²) >= 11 is 0. The predicted molar refractivity (Wildman–Crippen MR) is 109 cm³/mol. The molecule has 4 heteroatoms. The first-order chi connectivity index (χ1) is 12.8. The lowest BCUT2D eigenvalue weighted by molar-refractivity contribution is -0.0689. The Morgan fingerprint density at radius 3 is 2.22 bits per heavy atom. The van der Waals surface area contributed by atoms with Crippen molar-refractivity contribution in [1.82, 2.24) is 9.80 Å². The van der Waals surface area contributed by atoms with E-state index in [1.54, 1.807) is 0 Å². The molecule has 27 heavy (non-hydrogen) atoms. The standard InChI is InChI=1S/C23H36N2O2/c1-18-4-6-19(7-5-18)23(26)14-20-8-9-21(15-23)25(20)17-22(2,3)16-24-10-12-27-13-11-24/h4-7,20-21,26H,8-17H2,1-3H3/t20-,21+,23?. The zero-order valence-corrected chi connectivity index (χ0v) is 17.3. The molecule has 0 amide bonds. The van der Waals surface area contributed by atoms with Gasteiger partial charge in [-0.25, -0.2) is 0 Å². The van der Waals surface area contributed by atoms with Crippen LogP contribution < -0.4 is 0 Å². The first-order valence-electron chi connectivity index (χ1n) is 10.7. The SMILES string of the molecule is Cc1ccc(C2(O)C[C@H]3CC[C@@H](C2)N3CC(C)(C)CN2CCOCC2)cc1. The van der Waals surface area contributed by atoms with Gasteiger partial charge >= 0.3 is 0 Å². The maximum absolute atomic E-state index is 11.4. The molecule has 4 rings (SSSR count). The Labute approximate surface area is 164 Å². The Hall–Kier alpha value is -0.940. The average Bonchev–Trinajstić information content (AvgIpc) is 2.86. The highest BCUT2D eigenvalue weighted by Gasteiger charge is 2.49. The van der Waals surface area contributed by atoms with Gasteiger partial charge in [0, 0.05) is 38.3 Å². The van der Waals surface area contributed by atoms with Crippen LogP contribution in [0.5, 0.6) is 0 Å². The molecule has 1 unspecified atom stereocenters. The molecule has 3 fully saturated rings. The molecule has 3 heterocycles. The molecule has 150 valence electrons. The largest absolute Gasteiger partial charge is 0.385 e. The Kier molecular flexibility index (Phi) is 5.36. The van der Waals surface area contributed by atoms with E-state index < -0.39 is 5.60 Å². The van der Waals surface area contributed by atoms with Crippen LogP contribution in [0.2, 0.25) is 0 Å². The Bertz CT molecular complexity index is 622. The average molecular weight is 373 g/mol. The molecule has 3 aliphatic rings. The summed E-state index contributed by atoms with van der Waals surface area (Å²) in [6, 6.07) is 9.55. The summed E-state index contributed by atoms with van der Waals surface area (Å²) in [5.74, 6) is 0. The maximum Gasteiger partial charge on any atom is 0.0926 e. The predicted octanol–water partition coefficient (Wildman–Crippen LogP) is 3.17. The highest BCUT2D eigenvalue weighted by atomic mass is 16.5. The van der Waals surface area contributed by atoms with Gasteiger partial charge in [0.1, 0.15) is 0 Å². The highest BCUT2D eigenvalue weighted by molar-refractivity contribution is 5.28. The number of fused-ring (bicyclic) bond motifs is 2. The fourth-order valence-corrected chi connectivity index (χ4v) is 5.58. The third kappa shape index (κ3) is 4.24. The van der Waals surface area contributed by atoms with Gasteiger partial charge in [-0.3, -0.25) is 9.80 Å². The molecule has 0 radical (unpaired) electrons. The smallest absolute Gasteiger partial charge is 0.0926 e. The number of aryl methyl sites for hydroxylation is 1. The molecule has 3 aliphatic heterocycles. The van der Waals surface area contributed by atoms with E-state index in [-0.39, 0.29) is 5.41 Å². The first kappa shape index (κ1) is 19.4. The van der Waals surface area contributed by atoms with E-state index in [2.05, 4.69) is 54.8 Å². The van der Waals surface area contributed by atoms with E-state index in [1.165, 1.54) is 18.4 Å². The molecule has 1 aromatic carbocycles. The topological polar surface area (TPSA) is 35.9 Å². The van der Waals surface area contributed by atoms with Crippen LogP contribution >= 0.6 is 0 Å². The van der Waals surface area contributed by atoms with Crippen molar-refractivity contribution in [3.63, 3.8) is 0 Å². The molecule has 0 aromatic heterocycles.